The standard InChI is InChI=1S/C17H10N2O5S/c20-14(7-11-9-25-15(18-11)10-5-6-23-8-10)24-19-16(21)12-3-1-2-4-13(12)17(19)22/h1-6,8-9H,7H2. The maximum absolute atomic E-state index is 12.2. The van der Waals surface area contributed by atoms with Crippen molar-refractivity contribution < 1.29 is 23.6 Å². The van der Waals surface area contributed by atoms with Crippen LogP contribution in [0.3, 0.4) is 0 Å². The van der Waals surface area contributed by atoms with Gasteiger partial charge in [0.05, 0.1) is 29.5 Å². The van der Waals surface area contributed by atoms with Gasteiger partial charge >= 0.3 is 5.97 Å². The molecule has 4 rings (SSSR count). The van der Waals surface area contributed by atoms with Crippen molar-refractivity contribution in [2.75, 3.05) is 0 Å². The number of thiazole rings is 1. The number of hydroxylamine groups is 2. The Balaban J connectivity index is 1.45. The summed E-state index contributed by atoms with van der Waals surface area (Å²) in [6.45, 7) is 0. The van der Waals surface area contributed by atoms with Gasteiger partial charge in [-0.3, -0.25) is 9.59 Å². The first-order valence-electron chi connectivity index (χ1n) is 7.29. The van der Waals surface area contributed by atoms with E-state index in [1.165, 1.54) is 29.7 Å². The summed E-state index contributed by atoms with van der Waals surface area (Å²) in [6, 6.07) is 8.08. The minimum absolute atomic E-state index is 0.151. The number of furan rings is 1. The molecule has 0 saturated heterocycles. The minimum atomic E-state index is -0.737. The van der Waals surface area contributed by atoms with Gasteiger partial charge in [-0.05, 0) is 18.2 Å². The lowest BCUT2D eigenvalue weighted by atomic mass is 10.1. The van der Waals surface area contributed by atoms with Crippen molar-refractivity contribution in [3.63, 3.8) is 0 Å². The molecule has 0 spiro atoms. The summed E-state index contributed by atoms with van der Waals surface area (Å²) >= 11 is 1.36. The molecule has 0 aliphatic carbocycles. The summed E-state index contributed by atoms with van der Waals surface area (Å²) in [5.74, 6) is -2.03. The fraction of sp³-hybridized carbons (Fsp3) is 0.0588. The molecule has 0 bridgehead atoms. The van der Waals surface area contributed by atoms with Crippen molar-refractivity contribution in [2.24, 2.45) is 0 Å². The maximum Gasteiger partial charge on any atom is 0.339 e. The summed E-state index contributed by atoms with van der Waals surface area (Å²) in [7, 11) is 0. The van der Waals surface area contributed by atoms with E-state index in [1.54, 1.807) is 29.8 Å². The second-order valence-electron chi connectivity index (χ2n) is 5.25. The molecule has 0 fully saturated rings. The lowest BCUT2D eigenvalue weighted by molar-refractivity contribution is -0.167. The SMILES string of the molecule is O=C(Cc1csc(-c2ccoc2)n1)ON1C(=O)c2ccccc2C1=O. The summed E-state index contributed by atoms with van der Waals surface area (Å²) in [6.07, 6.45) is 2.94. The molecule has 0 saturated carbocycles. The molecule has 25 heavy (non-hydrogen) atoms. The smallest absolute Gasteiger partial charge is 0.339 e. The lowest BCUT2D eigenvalue weighted by Crippen LogP contribution is -2.33. The Labute approximate surface area is 145 Å². The summed E-state index contributed by atoms with van der Waals surface area (Å²) in [5, 5.41) is 2.92. The van der Waals surface area contributed by atoms with Gasteiger partial charge in [-0.25, -0.2) is 9.78 Å². The van der Waals surface area contributed by atoms with Gasteiger partial charge in [0, 0.05) is 10.9 Å². The number of rotatable bonds is 4. The van der Waals surface area contributed by atoms with Crippen LogP contribution in [-0.2, 0) is 16.1 Å². The second kappa shape index (κ2) is 5.99. The van der Waals surface area contributed by atoms with Gasteiger partial charge in [0.25, 0.3) is 11.8 Å². The Morgan fingerprint density at radius 2 is 1.88 bits per heavy atom. The third kappa shape index (κ3) is 2.72. The normalized spacial score (nSPS) is 13.2. The summed E-state index contributed by atoms with van der Waals surface area (Å²) in [5.41, 5.74) is 1.74. The van der Waals surface area contributed by atoms with Crippen molar-refractivity contribution >= 4 is 29.1 Å². The van der Waals surface area contributed by atoms with E-state index in [0.717, 1.165) is 5.56 Å². The van der Waals surface area contributed by atoms with Crippen molar-refractivity contribution in [2.45, 2.75) is 6.42 Å². The topological polar surface area (TPSA) is 89.7 Å². The van der Waals surface area contributed by atoms with E-state index in [0.29, 0.717) is 15.8 Å². The Morgan fingerprint density at radius 1 is 1.16 bits per heavy atom. The third-order valence-electron chi connectivity index (χ3n) is 3.60. The van der Waals surface area contributed by atoms with Gasteiger partial charge in [-0.15, -0.1) is 11.3 Å². The Hall–Kier alpha value is -3.26. The molecule has 1 aromatic carbocycles. The molecule has 124 valence electrons. The van der Waals surface area contributed by atoms with Crippen LogP contribution in [0.25, 0.3) is 10.6 Å². The van der Waals surface area contributed by atoms with Crippen LogP contribution in [0.5, 0.6) is 0 Å². The second-order valence-corrected chi connectivity index (χ2v) is 6.10. The summed E-state index contributed by atoms with van der Waals surface area (Å²) < 4.78 is 5.00. The van der Waals surface area contributed by atoms with Crippen molar-refractivity contribution in [3.8, 4) is 10.6 Å². The maximum atomic E-state index is 12.2. The number of hydrogen-bond acceptors (Lipinski definition) is 7. The van der Waals surface area contributed by atoms with E-state index in [4.69, 9.17) is 9.25 Å². The molecule has 2 aromatic heterocycles. The van der Waals surface area contributed by atoms with Crippen LogP contribution in [0.2, 0.25) is 0 Å². The molecule has 0 radical (unpaired) electrons. The number of aromatic nitrogens is 1. The van der Waals surface area contributed by atoms with Crippen molar-refractivity contribution in [1.29, 1.82) is 0 Å². The van der Waals surface area contributed by atoms with Gasteiger partial charge in [-0.1, -0.05) is 17.2 Å². The zero-order valence-corrected chi connectivity index (χ0v) is 13.5. The third-order valence-corrected chi connectivity index (χ3v) is 4.54. The van der Waals surface area contributed by atoms with E-state index in [9.17, 15) is 14.4 Å². The highest BCUT2D eigenvalue weighted by Crippen LogP contribution is 2.25. The van der Waals surface area contributed by atoms with E-state index in [-0.39, 0.29) is 17.5 Å². The molecule has 2 amide bonds. The largest absolute Gasteiger partial charge is 0.472 e. The zero-order valence-electron chi connectivity index (χ0n) is 12.7. The van der Waals surface area contributed by atoms with E-state index in [1.807, 2.05) is 0 Å². The lowest BCUT2D eigenvalue weighted by Gasteiger charge is -2.11. The highest BCUT2D eigenvalue weighted by Gasteiger charge is 2.38. The number of imide groups is 1. The van der Waals surface area contributed by atoms with Gasteiger partial charge in [0.2, 0.25) is 0 Å². The predicted molar refractivity (Wildman–Crippen MR) is 86.6 cm³/mol. The fourth-order valence-electron chi connectivity index (χ4n) is 2.44. The number of fused-ring (bicyclic) bond motifs is 1. The molecule has 0 unspecified atom stereocenters. The number of hydrogen-bond donors (Lipinski definition) is 0. The average Bonchev–Trinajstić information content (AvgIpc) is 3.33. The van der Waals surface area contributed by atoms with Crippen LogP contribution in [-0.4, -0.2) is 27.8 Å². The number of carbonyl (C=O) groups is 3. The van der Waals surface area contributed by atoms with Gasteiger partial charge < -0.3 is 9.25 Å². The van der Waals surface area contributed by atoms with Crippen LogP contribution in [0.1, 0.15) is 26.4 Å². The number of amides is 2. The highest BCUT2D eigenvalue weighted by molar-refractivity contribution is 7.13. The minimum Gasteiger partial charge on any atom is -0.472 e. The van der Waals surface area contributed by atoms with Gasteiger partial charge in [-0.2, -0.15) is 0 Å². The van der Waals surface area contributed by atoms with Gasteiger partial charge in [0.15, 0.2) is 0 Å². The number of carbonyl (C=O) groups excluding carboxylic acids is 3. The van der Waals surface area contributed by atoms with Crippen LogP contribution < -0.4 is 0 Å². The Bertz CT molecular complexity index is 942. The van der Waals surface area contributed by atoms with Crippen LogP contribution >= 0.6 is 11.3 Å². The number of benzene rings is 1. The highest BCUT2D eigenvalue weighted by atomic mass is 32.1. The van der Waals surface area contributed by atoms with Crippen molar-refractivity contribution in [3.05, 3.63) is 65.1 Å². The molecule has 3 heterocycles. The molecule has 3 aromatic rings. The number of nitrogens with zero attached hydrogens (tertiary/aromatic N) is 2. The predicted octanol–water partition coefficient (Wildman–Crippen LogP) is 2.70. The molecule has 1 aliphatic heterocycles. The molecular weight excluding hydrogens is 344 g/mol. The first kappa shape index (κ1) is 15.3. The van der Waals surface area contributed by atoms with Crippen molar-refractivity contribution in [1.82, 2.24) is 10.0 Å². The summed E-state index contributed by atoms with van der Waals surface area (Å²) in [4.78, 5) is 45.7. The van der Waals surface area contributed by atoms with Crippen LogP contribution in [0.4, 0.5) is 0 Å². The van der Waals surface area contributed by atoms with Crippen LogP contribution in [0, 0.1) is 0 Å². The van der Waals surface area contributed by atoms with E-state index >= 15 is 0 Å². The van der Waals surface area contributed by atoms with Gasteiger partial charge in [0.1, 0.15) is 11.3 Å². The molecular formula is C17H10N2O5S. The first-order chi connectivity index (χ1) is 12.1. The molecule has 0 N–H and O–H groups in total. The monoisotopic (exact) mass is 354 g/mol. The average molecular weight is 354 g/mol. The first-order valence-corrected chi connectivity index (χ1v) is 8.17. The fourth-order valence-corrected chi connectivity index (χ4v) is 3.24. The van der Waals surface area contributed by atoms with E-state index < -0.39 is 17.8 Å². The molecule has 7 nitrogen and oxygen atoms in total. The molecule has 8 heteroatoms. The molecule has 1 aliphatic rings. The molecule has 0 atom stereocenters. The zero-order chi connectivity index (χ0) is 17.4. The quantitative estimate of drug-likeness (QED) is 0.669. The Morgan fingerprint density at radius 3 is 2.52 bits per heavy atom. The van der Waals surface area contributed by atoms with Crippen LogP contribution in [0.15, 0.2) is 52.7 Å². The van der Waals surface area contributed by atoms with E-state index in [2.05, 4.69) is 4.98 Å². The Kier molecular flexibility index (Phi) is 3.66.